The topological polar surface area (TPSA) is 117 Å². The average Bonchev–Trinajstić information content (AvgIpc) is 3.10. The molecule has 1 fully saturated rings. The van der Waals surface area contributed by atoms with Crippen LogP contribution in [0, 0.1) is 0 Å². The van der Waals surface area contributed by atoms with Crippen LogP contribution in [0.2, 0.25) is 0 Å². The molecule has 2 aliphatic heterocycles. The van der Waals surface area contributed by atoms with Gasteiger partial charge in [-0.1, -0.05) is 72.4 Å². The highest BCUT2D eigenvalue weighted by Gasteiger charge is 2.34. The van der Waals surface area contributed by atoms with E-state index in [1.165, 1.54) is 11.8 Å². The molecule has 1 saturated heterocycles. The Hall–Kier alpha value is -3.86. The molecule has 4 N–H and O–H groups in total. The van der Waals surface area contributed by atoms with Gasteiger partial charge < -0.3 is 30.9 Å². The third-order valence-electron chi connectivity index (χ3n) is 7.07. The summed E-state index contributed by atoms with van der Waals surface area (Å²) >= 11 is 1.34. The minimum atomic E-state index is -1.11. The van der Waals surface area contributed by atoms with Crippen LogP contribution < -0.4 is 16.4 Å². The number of rotatable bonds is 6. The van der Waals surface area contributed by atoms with Crippen molar-refractivity contribution in [1.29, 1.82) is 0 Å². The summed E-state index contributed by atoms with van der Waals surface area (Å²) in [7, 11) is 0. The summed E-state index contributed by atoms with van der Waals surface area (Å²) < 4.78 is 5.35. The number of ether oxygens (including phenoxy) is 1. The van der Waals surface area contributed by atoms with Crippen molar-refractivity contribution in [3.8, 4) is 11.1 Å². The quantitative estimate of drug-likeness (QED) is 0.410. The summed E-state index contributed by atoms with van der Waals surface area (Å²) in [5.74, 6) is -0.560. The van der Waals surface area contributed by atoms with E-state index in [0.29, 0.717) is 39.4 Å². The maximum absolute atomic E-state index is 13.6. The van der Waals surface area contributed by atoms with Gasteiger partial charge in [0.1, 0.15) is 0 Å². The molecule has 3 aromatic carbocycles. The third kappa shape index (κ3) is 6.90. The van der Waals surface area contributed by atoms with Gasteiger partial charge in [-0.25, -0.2) is 4.79 Å². The number of benzene rings is 3. The lowest BCUT2D eigenvalue weighted by atomic mass is 10.0. The largest absolute Gasteiger partial charge is 0.378 e. The van der Waals surface area contributed by atoms with Crippen LogP contribution in [0.25, 0.3) is 11.1 Å². The summed E-state index contributed by atoms with van der Waals surface area (Å²) in [6.07, 6.45) is 0. The van der Waals surface area contributed by atoms with Gasteiger partial charge in [-0.3, -0.25) is 9.59 Å². The van der Waals surface area contributed by atoms with Gasteiger partial charge in [-0.15, -0.1) is 0 Å². The predicted molar refractivity (Wildman–Crippen MR) is 160 cm³/mol. The number of amides is 4. The summed E-state index contributed by atoms with van der Waals surface area (Å²) in [6, 6.07) is 23.4. The normalized spacial score (nSPS) is 17.4. The maximum Gasteiger partial charge on any atom is 0.322 e. The van der Waals surface area contributed by atoms with Crippen LogP contribution in [-0.2, 0) is 27.4 Å². The van der Waals surface area contributed by atoms with Crippen molar-refractivity contribution in [2.24, 2.45) is 5.73 Å². The molecule has 41 heavy (non-hydrogen) atoms. The molecule has 5 rings (SSSR count). The molecule has 0 aromatic heterocycles. The highest BCUT2D eigenvalue weighted by atomic mass is 32.2. The fourth-order valence-corrected chi connectivity index (χ4v) is 5.83. The number of hydrogen-bond acceptors (Lipinski definition) is 6. The molecular weight excluding hydrogens is 538 g/mol. The van der Waals surface area contributed by atoms with Gasteiger partial charge in [0.2, 0.25) is 5.91 Å². The Labute approximate surface area is 244 Å². The maximum atomic E-state index is 13.6. The Morgan fingerprint density at radius 2 is 1.68 bits per heavy atom. The fourth-order valence-electron chi connectivity index (χ4n) is 4.72. The fraction of sp³-hybridized carbons (Fsp3) is 0.323. The van der Waals surface area contributed by atoms with Crippen molar-refractivity contribution in [2.75, 3.05) is 31.6 Å². The number of nitrogens with two attached hydrogens (primary N) is 1. The minimum absolute atomic E-state index is 0.144. The number of carbonyl (C=O) groups excluding carboxylic acids is 3. The van der Waals surface area contributed by atoms with E-state index in [1.54, 1.807) is 23.6 Å². The number of para-hydroxylation sites is 1. The van der Waals surface area contributed by atoms with E-state index in [-0.39, 0.29) is 17.8 Å². The highest BCUT2D eigenvalue weighted by molar-refractivity contribution is 8.00. The van der Waals surface area contributed by atoms with Gasteiger partial charge in [0, 0.05) is 36.6 Å². The molecule has 1 atom stereocenters. The minimum Gasteiger partial charge on any atom is -0.378 e. The zero-order chi connectivity index (χ0) is 29.0. The van der Waals surface area contributed by atoms with Crippen molar-refractivity contribution < 1.29 is 19.1 Å². The smallest absolute Gasteiger partial charge is 0.322 e. The summed E-state index contributed by atoms with van der Waals surface area (Å²) in [4.78, 5) is 43.6. The molecule has 4 amide bonds. The number of hydrogen-bond donors (Lipinski definition) is 3. The molecule has 214 valence electrons. The van der Waals surface area contributed by atoms with Crippen LogP contribution in [0.5, 0.6) is 0 Å². The monoisotopic (exact) mass is 573 g/mol. The molecule has 0 bridgehead atoms. The van der Waals surface area contributed by atoms with Crippen LogP contribution in [0.15, 0.2) is 77.7 Å². The Morgan fingerprint density at radius 3 is 2.41 bits per heavy atom. The zero-order valence-corrected chi connectivity index (χ0v) is 24.1. The van der Waals surface area contributed by atoms with E-state index < -0.39 is 10.9 Å². The van der Waals surface area contributed by atoms with E-state index >= 15 is 0 Å². The summed E-state index contributed by atoms with van der Waals surface area (Å²) in [6.45, 7) is 6.25. The SMILES string of the molecule is CC(C)(N)C(=O)N[C@@H]1Sc2ccccc2CN(Cc2ccc(-c3ccccc3NC(=O)N3CCOCC3)cc2)C1=O. The number of nitrogens with one attached hydrogen (secondary N) is 2. The summed E-state index contributed by atoms with van der Waals surface area (Å²) in [5.41, 5.74) is 9.45. The van der Waals surface area contributed by atoms with Crippen molar-refractivity contribution in [3.05, 3.63) is 83.9 Å². The van der Waals surface area contributed by atoms with Gasteiger partial charge in [-0.2, -0.15) is 0 Å². The van der Waals surface area contributed by atoms with Crippen molar-refractivity contribution in [3.63, 3.8) is 0 Å². The van der Waals surface area contributed by atoms with Crippen molar-refractivity contribution in [2.45, 2.75) is 42.7 Å². The lowest BCUT2D eigenvalue weighted by Gasteiger charge is -2.27. The first kappa shape index (κ1) is 28.7. The van der Waals surface area contributed by atoms with Gasteiger partial charge in [0.25, 0.3) is 5.91 Å². The van der Waals surface area contributed by atoms with E-state index in [2.05, 4.69) is 10.6 Å². The van der Waals surface area contributed by atoms with Gasteiger partial charge in [0.15, 0.2) is 5.37 Å². The van der Waals surface area contributed by atoms with E-state index in [9.17, 15) is 14.4 Å². The second-order valence-corrected chi connectivity index (χ2v) is 11.9. The second kappa shape index (κ2) is 12.3. The number of thioether (sulfide) groups is 1. The standard InChI is InChI=1S/C31H35N5O4S/c1-31(2,32)29(38)34-27-28(37)36(20-23-7-3-6-10-26(23)41-27)19-21-11-13-22(14-12-21)24-8-4-5-9-25(24)33-30(39)35-15-17-40-18-16-35/h3-14,27H,15-20,32H2,1-2H3,(H,33,39)(H,34,38)/t27-/m1/s1. The molecule has 2 aliphatic rings. The second-order valence-electron chi connectivity index (χ2n) is 10.8. The van der Waals surface area contributed by atoms with Crippen LogP contribution in [0.4, 0.5) is 10.5 Å². The molecular formula is C31H35N5O4S. The first-order valence-electron chi connectivity index (χ1n) is 13.6. The lowest BCUT2D eigenvalue weighted by Crippen LogP contribution is -2.54. The molecule has 0 saturated carbocycles. The van der Waals surface area contributed by atoms with Crippen LogP contribution in [0.3, 0.4) is 0 Å². The van der Waals surface area contributed by atoms with Crippen molar-refractivity contribution >= 4 is 35.3 Å². The number of nitrogens with zero attached hydrogens (tertiary/aromatic N) is 2. The molecule has 3 aromatic rings. The molecule has 0 aliphatic carbocycles. The van der Waals surface area contributed by atoms with E-state index in [1.807, 2.05) is 72.8 Å². The van der Waals surface area contributed by atoms with Gasteiger partial charge in [-0.05, 0) is 42.7 Å². The first-order chi connectivity index (χ1) is 19.7. The number of urea groups is 1. The van der Waals surface area contributed by atoms with E-state index in [4.69, 9.17) is 10.5 Å². The van der Waals surface area contributed by atoms with Crippen molar-refractivity contribution in [1.82, 2.24) is 15.1 Å². The molecule has 9 nitrogen and oxygen atoms in total. The van der Waals surface area contributed by atoms with E-state index in [0.717, 1.165) is 32.8 Å². The molecule has 10 heteroatoms. The van der Waals surface area contributed by atoms with Gasteiger partial charge >= 0.3 is 6.03 Å². The Bertz CT molecular complexity index is 1420. The Morgan fingerprint density at radius 1 is 1.00 bits per heavy atom. The predicted octanol–water partition coefficient (Wildman–Crippen LogP) is 4.03. The van der Waals surface area contributed by atoms with Crippen LogP contribution in [0.1, 0.15) is 25.0 Å². The zero-order valence-electron chi connectivity index (χ0n) is 23.3. The summed E-state index contributed by atoms with van der Waals surface area (Å²) in [5, 5.41) is 5.11. The molecule has 2 heterocycles. The highest BCUT2D eigenvalue weighted by Crippen LogP contribution is 2.33. The lowest BCUT2D eigenvalue weighted by molar-refractivity contribution is -0.135. The molecule has 0 unspecified atom stereocenters. The number of fused-ring (bicyclic) bond motifs is 1. The Kier molecular flexibility index (Phi) is 8.63. The molecule has 0 radical (unpaired) electrons. The Balaban J connectivity index is 1.33. The number of morpholine rings is 1. The first-order valence-corrected chi connectivity index (χ1v) is 14.5. The average molecular weight is 574 g/mol. The van der Waals surface area contributed by atoms with Crippen LogP contribution >= 0.6 is 11.8 Å². The molecule has 0 spiro atoms. The van der Waals surface area contributed by atoms with Gasteiger partial charge in [0.05, 0.1) is 24.4 Å². The number of carbonyl (C=O) groups is 3. The van der Waals surface area contributed by atoms with Crippen LogP contribution in [-0.4, -0.2) is 64.9 Å². The third-order valence-corrected chi connectivity index (χ3v) is 8.27. The number of anilines is 1.